The summed E-state index contributed by atoms with van der Waals surface area (Å²) in [6.45, 7) is 3.94. The Balaban J connectivity index is 1.77. The van der Waals surface area contributed by atoms with Crippen molar-refractivity contribution in [2.75, 3.05) is 7.11 Å². The highest BCUT2D eigenvalue weighted by molar-refractivity contribution is 5.75. The summed E-state index contributed by atoms with van der Waals surface area (Å²) in [5, 5.41) is 3.63. The van der Waals surface area contributed by atoms with Crippen LogP contribution in [0.1, 0.15) is 32.0 Å². The number of ether oxygens (including phenoxy) is 1. The minimum Gasteiger partial charge on any atom is -0.380 e. The van der Waals surface area contributed by atoms with E-state index in [2.05, 4.69) is 35.0 Å². The number of aryl methyl sites for hydroxylation is 1. The van der Waals surface area contributed by atoms with Crippen LogP contribution < -0.4 is 5.32 Å². The molecule has 1 aromatic carbocycles. The fraction of sp³-hybridized carbons (Fsp3) is 0.562. The number of rotatable bonds is 5. The number of methoxy groups -OCH3 is 1. The molecule has 1 saturated carbocycles. The lowest BCUT2D eigenvalue weighted by Gasteiger charge is -2.19. The van der Waals surface area contributed by atoms with Gasteiger partial charge in [0.1, 0.15) is 5.82 Å². The summed E-state index contributed by atoms with van der Waals surface area (Å²) in [5.41, 5.74) is 2.31. The molecule has 1 N–H and O–H groups in total. The first-order valence-corrected chi connectivity index (χ1v) is 7.53. The van der Waals surface area contributed by atoms with E-state index < -0.39 is 0 Å². The molecule has 1 aliphatic carbocycles. The molecule has 0 aliphatic heterocycles. The van der Waals surface area contributed by atoms with Gasteiger partial charge in [-0.15, -0.1) is 0 Å². The zero-order chi connectivity index (χ0) is 13.9. The Labute approximate surface area is 120 Å². The van der Waals surface area contributed by atoms with Gasteiger partial charge >= 0.3 is 0 Å². The number of nitrogens with one attached hydrogen (secondary N) is 1. The Morgan fingerprint density at radius 3 is 3.00 bits per heavy atom. The molecular formula is C16H23N3O. The molecule has 1 fully saturated rings. The van der Waals surface area contributed by atoms with Crippen LogP contribution in [0.5, 0.6) is 0 Å². The fourth-order valence-corrected chi connectivity index (χ4v) is 3.28. The average Bonchev–Trinajstić information content (AvgIpc) is 3.08. The number of aromatic nitrogens is 2. The second-order valence-electron chi connectivity index (χ2n) is 5.45. The molecule has 2 atom stereocenters. The zero-order valence-electron chi connectivity index (χ0n) is 12.3. The van der Waals surface area contributed by atoms with Crippen LogP contribution in [0, 0.1) is 0 Å². The van der Waals surface area contributed by atoms with Crippen LogP contribution in [0.15, 0.2) is 24.3 Å². The van der Waals surface area contributed by atoms with Gasteiger partial charge in [0.2, 0.25) is 0 Å². The Morgan fingerprint density at radius 1 is 1.35 bits per heavy atom. The molecule has 2 aromatic rings. The van der Waals surface area contributed by atoms with E-state index in [4.69, 9.17) is 9.72 Å². The maximum atomic E-state index is 5.54. The predicted molar refractivity (Wildman–Crippen MR) is 80.7 cm³/mol. The summed E-state index contributed by atoms with van der Waals surface area (Å²) in [6.07, 6.45) is 3.97. The normalized spacial score (nSPS) is 22.7. The van der Waals surface area contributed by atoms with E-state index in [1.54, 1.807) is 0 Å². The molecule has 108 valence electrons. The first kappa shape index (κ1) is 13.6. The molecule has 20 heavy (non-hydrogen) atoms. The number of benzene rings is 1. The molecule has 0 amide bonds. The van der Waals surface area contributed by atoms with Crippen molar-refractivity contribution < 1.29 is 4.74 Å². The van der Waals surface area contributed by atoms with E-state index >= 15 is 0 Å². The quantitative estimate of drug-likeness (QED) is 0.910. The number of hydrogen-bond acceptors (Lipinski definition) is 3. The number of para-hydroxylation sites is 2. The van der Waals surface area contributed by atoms with Crippen LogP contribution >= 0.6 is 0 Å². The van der Waals surface area contributed by atoms with Gasteiger partial charge in [-0.1, -0.05) is 12.1 Å². The van der Waals surface area contributed by atoms with Gasteiger partial charge in [-0.25, -0.2) is 4.98 Å². The van der Waals surface area contributed by atoms with Gasteiger partial charge in [-0.3, -0.25) is 0 Å². The van der Waals surface area contributed by atoms with Crippen LogP contribution in [-0.4, -0.2) is 28.8 Å². The van der Waals surface area contributed by atoms with E-state index in [0.29, 0.717) is 12.1 Å². The summed E-state index contributed by atoms with van der Waals surface area (Å²) in [4.78, 5) is 4.75. The number of fused-ring (bicyclic) bond motifs is 1. The third-order valence-electron chi connectivity index (χ3n) is 4.33. The van der Waals surface area contributed by atoms with Crippen LogP contribution in [0.25, 0.3) is 11.0 Å². The first-order chi connectivity index (χ1) is 9.83. The number of nitrogens with zero attached hydrogens (tertiary/aromatic N) is 2. The summed E-state index contributed by atoms with van der Waals surface area (Å²) in [5.74, 6) is 1.12. The molecule has 0 spiro atoms. The lowest BCUT2D eigenvalue weighted by atomic mass is 10.2. The van der Waals surface area contributed by atoms with Crippen LogP contribution in [0.4, 0.5) is 0 Å². The Kier molecular flexibility index (Phi) is 4.03. The molecule has 0 bridgehead atoms. The topological polar surface area (TPSA) is 39.1 Å². The third kappa shape index (κ3) is 2.45. The summed E-state index contributed by atoms with van der Waals surface area (Å²) >= 11 is 0. The van der Waals surface area contributed by atoms with E-state index in [0.717, 1.165) is 24.4 Å². The number of hydrogen-bond donors (Lipinski definition) is 1. The van der Waals surface area contributed by atoms with Gasteiger partial charge in [-0.2, -0.15) is 0 Å². The van der Waals surface area contributed by atoms with Crippen molar-refractivity contribution in [1.29, 1.82) is 0 Å². The van der Waals surface area contributed by atoms with Crippen molar-refractivity contribution in [3.8, 4) is 0 Å². The molecule has 4 nitrogen and oxygen atoms in total. The SMILES string of the molecule is CCn1c(CNC2CCCC2OC)nc2ccccc21. The highest BCUT2D eigenvalue weighted by Crippen LogP contribution is 2.22. The van der Waals surface area contributed by atoms with Crippen LogP contribution in [0.2, 0.25) is 0 Å². The second-order valence-corrected chi connectivity index (χ2v) is 5.45. The van der Waals surface area contributed by atoms with Gasteiger partial charge in [-0.05, 0) is 38.3 Å². The van der Waals surface area contributed by atoms with Crippen molar-refractivity contribution in [2.24, 2.45) is 0 Å². The molecule has 1 aromatic heterocycles. The first-order valence-electron chi connectivity index (χ1n) is 7.53. The van der Waals surface area contributed by atoms with Crippen LogP contribution in [0.3, 0.4) is 0 Å². The smallest absolute Gasteiger partial charge is 0.123 e. The standard InChI is InChI=1S/C16H23N3O/c1-3-19-14-9-5-4-7-12(14)18-16(19)11-17-13-8-6-10-15(13)20-2/h4-5,7,9,13,15,17H,3,6,8,10-11H2,1-2H3. The monoisotopic (exact) mass is 273 g/mol. The van der Waals surface area contributed by atoms with Crippen molar-refractivity contribution in [2.45, 2.75) is 51.4 Å². The van der Waals surface area contributed by atoms with E-state index in [1.165, 1.54) is 24.8 Å². The third-order valence-corrected chi connectivity index (χ3v) is 4.33. The van der Waals surface area contributed by atoms with Crippen LogP contribution in [-0.2, 0) is 17.8 Å². The summed E-state index contributed by atoms with van der Waals surface area (Å²) < 4.78 is 7.83. The Morgan fingerprint density at radius 2 is 2.20 bits per heavy atom. The molecule has 2 unspecified atom stereocenters. The highest BCUT2D eigenvalue weighted by Gasteiger charge is 2.26. The van der Waals surface area contributed by atoms with Crippen molar-refractivity contribution in [1.82, 2.24) is 14.9 Å². The largest absolute Gasteiger partial charge is 0.380 e. The van der Waals surface area contributed by atoms with Crippen molar-refractivity contribution in [3.05, 3.63) is 30.1 Å². The molecule has 3 rings (SSSR count). The van der Waals surface area contributed by atoms with E-state index in [1.807, 2.05) is 13.2 Å². The van der Waals surface area contributed by atoms with Gasteiger partial charge < -0.3 is 14.6 Å². The summed E-state index contributed by atoms with van der Waals surface area (Å²) in [7, 11) is 1.81. The molecular weight excluding hydrogens is 250 g/mol. The second kappa shape index (κ2) is 5.94. The van der Waals surface area contributed by atoms with E-state index in [9.17, 15) is 0 Å². The van der Waals surface area contributed by atoms with Gasteiger partial charge in [0.05, 0.1) is 23.7 Å². The minimum absolute atomic E-state index is 0.356. The molecule has 0 saturated heterocycles. The van der Waals surface area contributed by atoms with Gasteiger partial charge in [0.25, 0.3) is 0 Å². The fourth-order valence-electron chi connectivity index (χ4n) is 3.28. The maximum Gasteiger partial charge on any atom is 0.123 e. The predicted octanol–water partition coefficient (Wildman–Crippen LogP) is 2.71. The van der Waals surface area contributed by atoms with Gasteiger partial charge in [0, 0.05) is 19.7 Å². The Bertz CT molecular complexity index is 578. The lowest BCUT2D eigenvalue weighted by Crippen LogP contribution is -2.36. The maximum absolute atomic E-state index is 5.54. The van der Waals surface area contributed by atoms with E-state index in [-0.39, 0.29) is 0 Å². The molecule has 0 radical (unpaired) electrons. The highest BCUT2D eigenvalue weighted by atomic mass is 16.5. The zero-order valence-corrected chi connectivity index (χ0v) is 12.3. The number of imidazole rings is 1. The van der Waals surface area contributed by atoms with Crippen molar-refractivity contribution in [3.63, 3.8) is 0 Å². The molecule has 1 heterocycles. The average molecular weight is 273 g/mol. The molecule has 4 heteroatoms. The summed E-state index contributed by atoms with van der Waals surface area (Å²) in [6, 6.07) is 8.81. The molecule has 1 aliphatic rings. The van der Waals surface area contributed by atoms with Gasteiger partial charge in [0.15, 0.2) is 0 Å². The lowest BCUT2D eigenvalue weighted by molar-refractivity contribution is 0.0844. The van der Waals surface area contributed by atoms with Crippen molar-refractivity contribution >= 4 is 11.0 Å². The minimum atomic E-state index is 0.356. The Hall–Kier alpha value is -1.39.